The Balaban J connectivity index is 1.28. The Kier molecular flexibility index (Phi) is 6.69. The molecule has 1 aliphatic rings. The fourth-order valence-electron chi connectivity index (χ4n) is 3.96. The van der Waals surface area contributed by atoms with Crippen LogP contribution in [0.2, 0.25) is 0 Å². The van der Waals surface area contributed by atoms with Crippen LogP contribution in [0, 0.1) is 0 Å². The Hall–Kier alpha value is -3.42. The van der Waals surface area contributed by atoms with Gasteiger partial charge in [-0.2, -0.15) is 0 Å². The first-order valence-electron chi connectivity index (χ1n) is 11.2. The molecule has 1 saturated heterocycles. The van der Waals surface area contributed by atoms with Crippen molar-refractivity contribution in [3.05, 3.63) is 42.0 Å². The number of hydrogen-bond donors (Lipinski definition) is 2. The molecule has 5 rings (SSSR count). The fourth-order valence-corrected chi connectivity index (χ4v) is 4.85. The summed E-state index contributed by atoms with van der Waals surface area (Å²) in [7, 11) is 1.82. The lowest BCUT2D eigenvalue weighted by Gasteiger charge is -2.26. The number of fused-ring (bicyclic) bond motifs is 2. The average Bonchev–Trinajstić information content (AvgIpc) is 3.38. The zero-order valence-electron chi connectivity index (χ0n) is 19.3. The number of amides is 1. The van der Waals surface area contributed by atoms with Gasteiger partial charge in [0.1, 0.15) is 5.75 Å². The monoisotopic (exact) mass is 520 g/mol. The average molecular weight is 521 g/mol. The highest BCUT2D eigenvalue weighted by atomic mass is 32.1. The molecule has 3 heterocycles. The van der Waals surface area contributed by atoms with E-state index in [0.717, 1.165) is 25.2 Å². The van der Waals surface area contributed by atoms with E-state index in [1.54, 1.807) is 12.1 Å². The standard InChI is InChI=1S/C23H23F3N6O3S/c1-31-18-5-2-14(20(33)27-6-7-32-8-10-34-11-9-32)12-17(18)28-21(31)30-22-29-16-4-3-15(13-19(16)36-22)35-23(24,25)26/h2-5,12-13H,6-11H2,1H3,(H,27,33)(H,28,29,30). The van der Waals surface area contributed by atoms with E-state index in [1.165, 1.54) is 29.5 Å². The maximum atomic E-state index is 12.6. The molecule has 1 amide bonds. The molecule has 0 unspecified atom stereocenters. The molecule has 0 saturated carbocycles. The van der Waals surface area contributed by atoms with E-state index in [-0.39, 0.29) is 11.7 Å². The summed E-state index contributed by atoms with van der Waals surface area (Å²) in [5, 5.41) is 6.53. The number of morpholine rings is 1. The van der Waals surface area contributed by atoms with Gasteiger partial charge in [-0.15, -0.1) is 13.2 Å². The molecule has 36 heavy (non-hydrogen) atoms. The first-order valence-corrected chi connectivity index (χ1v) is 12.0. The molecular weight excluding hydrogens is 497 g/mol. The number of carbonyl (C=O) groups is 1. The molecule has 0 radical (unpaired) electrons. The predicted molar refractivity (Wildman–Crippen MR) is 130 cm³/mol. The number of hydrogen-bond acceptors (Lipinski definition) is 8. The highest BCUT2D eigenvalue weighted by Gasteiger charge is 2.31. The number of nitrogens with zero attached hydrogens (tertiary/aromatic N) is 4. The lowest BCUT2D eigenvalue weighted by Crippen LogP contribution is -2.41. The number of ether oxygens (including phenoxy) is 2. The molecule has 0 aliphatic carbocycles. The number of anilines is 2. The minimum atomic E-state index is -4.76. The number of aromatic nitrogens is 3. The summed E-state index contributed by atoms with van der Waals surface area (Å²) >= 11 is 1.18. The normalized spacial score (nSPS) is 14.9. The van der Waals surface area contributed by atoms with Crippen LogP contribution in [0.4, 0.5) is 24.3 Å². The number of aryl methyl sites for hydroxylation is 1. The summed E-state index contributed by atoms with van der Waals surface area (Å²) in [4.78, 5) is 23.9. The first-order chi connectivity index (χ1) is 17.2. The van der Waals surface area contributed by atoms with Crippen LogP contribution in [0.15, 0.2) is 36.4 Å². The van der Waals surface area contributed by atoms with Gasteiger partial charge in [-0.3, -0.25) is 9.69 Å². The molecular formula is C23H23F3N6O3S. The van der Waals surface area contributed by atoms with Crippen LogP contribution in [-0.2, 0) is 11.8 Å². The van der Waals surface area contributed by atoms with Crippen LogP contribution >= 0.6 is 11.3 Å². The molecule has 2 aromatic carbocycles. The summed E-state index contributed by atoms with van der Waals surface area (Å²) < 4.78 is 49.2. The topological polar surface area (TPSA) is 93.5 Å². The Morgan fingerprint density at radius 1 is 1.14 bits per heavy atom. The van der Waals surface area contributed by atoms with Crippen molar-refractivity contribution in [1.82, 2.24) is 24.8 Å². The zero-order valence-corrected chi connectivity index (χ0v) is 20.1. The highest BCUT2D eigenvalue weighted by Crippen LogP contribution is 2.33. The van der Waals surface area contributed by atoms with Gasteiger partial charge in [0.15, 0.2) is 5.13 Å². The second kappa shape index (κ2) is 9.91. The van der Waals surface area contributed by atoms with Gasteiger partial charge in [-0.05, 0) is 30.3 Å². The third-order valence-electron chi connectivity index (χ3n) is 5.77. The third-order valence-corrected chi connectivity index (χ3v) is 6.71. The molecule has 0 bridgehead atoms. The van der Waals surface area contributed by atoms with Crippen LogP contribution in [0.1, 0.15) is 10.4 Å². The molecule has 9 nitrogen and oxygen atoms in total. The van der Waals surface area contributed by atoms with Crippen LogP contribution < -0.4 is 15.4 Å². The van der Waals surface area contributed by atoms with E-state index in [0.29, 0.717) is 52.1 Å². The summed E-state index contributed by atoms with van der Waals surface area (Å²) in [6.45, 7) is 4.46. The van der Waals surface area contributed by atoms with E-state index < -0.39 is 6.36 Å². The summed E-state index contributed by atoms with van der Waals surface area (Å²) in [6, 6.07) is 9.29. The molecule has 0 spiro atoms. The van der Waals surface area contributed by atoms with Crippen molar-refractivity contribution in [2.75, 3.05) is 44.7 Å². The largest absolute Gasteiger partial charge is 0.573 e. The van der Waals surface area contributed by atoms with Gasteiger partial charge >= 0.3 is 6.36 Å². The van der Waals surface area contributed by atoms with Crippen LogP contribution in [0.25, 0.3) is 21.3 Å². The maximum absolute atomic E-state index is 12.6. The van der Waals surface area contributed by atoms with Crippen molar-refractivity contribution in [3.8, 4) is 5.75 Å². The van der Waals surface area contributed by atoms with Gasteiger partial charge in [0.05, 0.1) is 34.5 Å². The van der Waals surface area contributed by atoms with Crippen LogP contribution in [0.3, 0.4) is 0 Å². The lowest BCUT2D eigenvalue weighted by atomic mass is 10.2. The van der Waals surface area contributed by atoms with Crippen molar-refractivity contribution in [2.24, 2.45) is 7.05 Å². The van der Waals surface area contributed by atoms with Gasteiger partial charge in [-0.1, -0.05) is 11.3 Å². The quantitative estimate of drug-likeness (QED) is 0.382. The Bertz CT molecular complexity index is 1400. The molecule has 2 N–H and O–H groups in total. The number of alkyl halides is 3. The van der Waals surface area contributed by atoms with Gasteiger partial charge < -0.3 is 24.7 Å². The van der Waals surface area contributed by atoms with E-state index in [1.807, 2.05) is 17.7 Å². The number of nitrogens with one attached hydrogen (secondary N) is 2. The Morgan fingerprint density at radius 2 is 1.94 bits per heavy atom. The first kappa shape index (κ1) is 24.3. The molecule has 4 aromatic rings. The number of benzene rings is 2. The second-order valence-electron chi connectivity index (χ2n) is 8.23. The van der Waals surface area contributed by atoms with Crippen molar-refractivity contribution in [1.29, 1.82) is 0 Å². The summed E-state index contributed by atoms with van der Waals surface area (Å²) in [5.41, 5.74) is 2.48. The SMILES string of the molecule is Cn1c(Nc2nc3ccc(OC(F)(F)F)cc3s2)nc2cc(C(=O)NCCN3CCOCC3)ccc21. The number of imidazole rings is 1. The number of rotatable bonds is 7. The van der Waals surface area contributed by atoms with Crippen LogP contribution in [0.5, 0.6) is 5.75 Å². The molecule has 1 fully saturated rings. The number of carbonyl (C=O) groups excluding carboxylic acids is 1. The Labute approximate surface area is 207 Å². The highest BCUT2D eigenvalue weighted by molar-refractivity contribution is 7.22. The third kappa shape index (κ3) is 5.53. The van der Waals surface area contributed by atoms with Crippen molar-refractivity contribution < 1.29 is 27.4 Å². The fraction of sp³-hybridized carbons (Fsp3) is 0.348. The van der Waals surface area contributed by atoms with Crippen LogP contribution in [-0.4, -0.2) is 71.1 Å². The second-order valence-corrected chi connectivity index (χ2v) is 9.26. The summed E-state index contributed by atoms with van der Waals surface area (Å²) in [6.07, 6.45) is -4.76. The molecule has 1 aliphatic heterocycles. The van der Waals surface area contributed by atoms with Gasteiger partial charge in [0.25, 0.3) is 5.91 Å². The summed E-state index contributed by atoms with van der Waals surface area (Å²) in [5.74, 6) is 0.0118. The minimum Gasteiger partial charge on any atom is -0.406 e. The van der Waals surface area contributed by atoms with Crippen molar-refractivity contribution in [2.45, 2.75) is 6.36 Å². The smallest absolute Gasteiger partial charge is 0.406 e. The molecule has 2 aromatic heterocycles. The molecule has 0 atom stereocenters. The van der Waals surface area contributed by atoms with Gasteiger partial charge in [0.2, 0.25) is 5.95 Å². The zero-order chi connectivity index (χ0) is 25.3. The number of halogens is 3. The van der Waals surface area contributed by atoms with Gasteiger partial charge in [-0.25, -0.2) is 9.97 Å². The van der Waals surface area contributed by atoms with E-state index in [4.69, 9.17) is 4.74 Å². The minimum absolute atomic E-state index is 0.173. The lowest BCUT2D eigenvalue weighted by molar-refractivity contribution is -0.274. The van der Waals surface area contributed by atoms with Crippen molar-refractivity contribution in [3.63, 3.8) is 0 Å². The predicted octanol–water partition coefficient (Wildman–Crippen LogP) is 3.89. The van der Waals surface area contributed by atoms with Gasteiger partial charge in [0, 0.05) is 44.9 Å². The molecule has 13 heteroatoms. The van der Waals surface area contributed by atoms with E-state index in [2.05, 4.69) is 30.2 Å². The molecule has 190 valence electrons. The van der Waals surface area contributed by atoms with E-state index >= 15 is 0 Å². The number of thiazole rings is 1. The maximum Gasteiger partial charge on any atom is 0.573 e. The Morgan fingerprint density at radius 3 is 2.72 bits per heavy atom. The van der Waals surface area contributed by atoms with Crippen molar-refractivity contribution >= 4 is 49.6 Å². The van der Waals surface area contributed by atoms with E-state index in [9.17, 15) is 18.0 Å².